The second-order valence-electron chi connectivity index (χ2n) is 22.0. The van der Waals surface area contributed by atoms with Crippen molar-refractivity contribution in [3.8, 4) is 22.3 Å². The van der Waals surface area contributed by atoms with Gasteiger partial charge in [0.2, 0.25) is 0 Å². The first-order chi connectivity index (χ1) is 30.1. The molecule has 0 saturated heterocycles. The quantitative estimate of drug-likeness (QED) is 0.155. The SMILES string of the molecule is CC(C)c1ccc2c(c1-c1cc3c(cc1N(c1ccccc1)c1ccc4c(c1)C(C)(C)CCC4(C)C)C(c1ccccc1)(c1ccccc1)c1ccccc1-3)C(C)(C)CCC2(C)C. The normalized spacial score (nSPS) is 18.2. The van der Waals surface area contributed by atoms with Gasteiger partial charge in [0, 0.05) is 16.9 Å². The summed E-state index contributed by atoms with van der Waals surface area (Å²) in [7, 11) is 0. The van der Waals surface area contributed by atoms with Crippen LogP contribution in [0, 0.1) is 0 Å². The predicted molar refractivity (Wildman–Crippen MR) is 269 cm³/mol. The Hall–Kier alpha value is -5.66. The fraction of sp³-hybridized carbons (Fsp3) is 0.323. The van der Waals surface area contributed by atoms with Gasteiger partial charge in [-0.15, -0.1) is 0 Å². The first-order valence-corrected chi connectivity index (χ1v) is 23.6. The van der Waals surface area contributed by atoms with Crippen LogP contribution in [0.1, 0.15) is 151 Å². The molecule has 0 heterocycles. The van der Waals surface area contributed by atoms with Gasteiger partial charge in [-0.1, -0.05) is 191 Å². The van der Waals surface area contributed by atoms with E-state index in [1.165, 1.54) is 109 Å². The molecule has 0 N–H and O–H groups in total. The highest BCUT2D eigenvalue weighted by Crippen LogP contribution is 2.61. The number of hydrogen-bond donors (Lipinski definition) is 0. The molecule has 0 saturated carbocycles. The third-order valence-electron chi connectivity index (χ3n) is 15.8. The number of rotatable bonds is 7. The summed E-state index contributed by atoms with van der Waals surface area (Å²) < 4.78 is 0. The summed E-state index contributed by atoms with van der Waals surface area (Å²) in [6, 6.07) is 60.8. The predicted octanol–water partition coefficient (Wildman–Crippen LogP) is 17.0. The average molecular weight is 824 g/mol. The summed E-state index contributed by atoms with van der Waals surface area (Å²) in [5, 5.41) is 0. The largest absolute Gasteiger partial charge is 0.310 e. The summed E-state index contributed by atoms with van der Waals surface area (Å²) in [5.41, 5.74) is 21.3. The van der Waals surface area contributed by atoms with Gasteiger partial charge >= 0.3 is 0 Å². The zero-order chi connectivity index (χ0) is 44.1. The molecule has 0 unspecified atom stereocenters. The van der Waals surface area contributed by atoms with Crippen LogP contribution in [0.3, 0.4) is 0 Å². The molecule has 0 amide bonds. The van der Waals surface area contributed by atoms with Crippen molar-refractivity contribution in [1.29, 1.82) is 0 Å². The van der Waals surface area contributed by atoms with E-state index in [1.54, 1.807) is 0 Å². The molecular formula is C62H65N. The zero-order valence-electron chi connectivity index (χ0n) is 39.4. The van der Waals surface area contributed by atoms with Crippen molar-refractivity contribution in [1.82, 2.24) is 0 Å². The number of fused-ring (bicyclic) bond motifs is 5. The highest BCUT2D eigenvalue weighted by atomic mass is 15.1. The van der Waals surface area contributed by atoms with Crippen LogP contribution in [0.15, 0.2) is 158 Å². The molecule has 63 heavy (non-hydrogen) atoms. The maximum atomic E-state index is 2.64. The van der Waals surface area contributed by atoms with E-state index in [-0.39, 0.29) is 21.7 Å². The van der Waals surface area contributed by atoms with Gasteiger partial charge < -0.3 is 4.90 Å². The zero-order valence-corrected chi connectivity index (χ0v) is 39.4. The maximum absolute atomic E-state index is 2.64. The van der Waals surface area contributed by atoms with Gasteiger partial charge in [-0.05, 0) is 156 Å². The molecule has 3 aliphatic carbocycles. The lowest BCUT2D eigenvalue weighted by Gasteiger charge is -2.44. The number of benzene rings is 7. The molecule has 10 rings (SSSR count). The van der Waals surface area contributed by atoms with Crippen LogP contribution in [0.5, 0.6) is 0 Å². The molecule has 318 valence electrons. The van der Waals surface area contributed by atoms with Gasteiger partial charge in [-0.3, -0.25) is 0 Å². The van der Waals surface area contributed by atoms with Gasteiger partial charge in [0.05, 0.1) is 11.1 Å². The number of hydrogen-bond acceptors (Lipinski definition) is 1. The molecule has 0 aromatic heterocycles. The number of para-hydroxylation sites is 1. The molecule has 0 fully saturated rings. The first kappa shape index (κ1) is 41.4. The molecule has 3 aliphatic rings. The first-order valence-electron chi connectivity index (χ1n) is 23.6. The van der Waals surface area contributed by atoms with E-state index in [0.29, 0.717) is 5.92 Å². The lowest BCUT2D eigenvalue weighted by Crippen LogP contribution is -2.35. The van der Waals surface area contributed by atoms with Crippen molar-refractivity contribution in [2.24, 2.45) is 0 Å². The Labute approximate surface area is 378 Å². The lowest BCUT2D eigenvalue weighted by molar-refractivity contribution is 0.332. The van der Waals surface area contributed by atoms with Gasteiger partial charge in [0.25, 0.3) is 0 Å². The molecule has 0 aliphatic heterocycles. The van der Waals surface area contributed by atoms with Gasteiger partial charge in [0.15, 0.2) is 0 Å². The van der Waals surface area contributed by atoms with Gasteiger partial charge in [0.1, 0.15) is 0 Å². The molecule has 7 aromatic carbocycles. The van der Waals surface area contributed by atoms with Crippen LogP contribution >= 0.6 is 0 Å². The minimum atomic E-state index is -0.537. The molecule has 1 nitrogen and oxygen atoms in total. The topological polar surface area (TPSA) is 3.24 Å². The molecule has 1 heteroatoms. The highest BCUT2D eigenvalue weighted by Gasteiger charge is 2.48. The van der Waals surface area contributed by atoms with Crippen molar-refractivity contribution in [2.75, 3.05) is 4.90 Å². The van der Waals surface area contributed by atoms with Crippen LogP contribution in [0.25, 0.3) is 22.3 Å². The van der Waals surface area contributed by atoms with Crippen molar-refractivity contribution in [2.45, 2.75) is 128 Å². The standard InChI is InChI=1S/C62H65N/c1-41(2)46-31-33-52-57(61(9,10)37-36-59(52,5)6)56(46)49-39-48-47-28-20-21-29-50(47)62(42-22-14-11-15-23-42,43-24-16-12-17-25-43)53(48)40-55(49)63(44-26-18-13-19-27-44)45-30-32-51-54(38-45)60(7,8)35-34-58(51,3)4/h11-33,38-41H,34-37H2,1-10H3. The monoisotopic (exact) mass is 824 g/mol. The molecule has 0 bridgehead atoms. The van der Waals surface area contributed by atoms with E-state index in [9.17, 15) is 0 Å². The Balaban J connectivity index is 1.41. The molecule has 0 spiro atoms. The van der Waals surface area contributed by atoms with Crippen LogP contribution in [-0.4, -0.2) is 0 Å². The summed E-state index contributed by atoms with van der Waals surface area (Å²) in [6.07, 6.45) is 4.67. The Bertz CT molecular complexity index is 2810. The summed E-state index contributed by atoms with van der Waals surface area (Å²) in [5.74, 6) is 0.323. The van der Waals surface area contributed by atoms with Crippen molar-refractivity contribution in [3.05, 3.63) is 208 Å². The van der Waals surface area contributed by atoms with Crippen LogP contribution in [0.2, 0.25) is 0 Å². The lowest BCUT2D eigenvalue weighted by atomic mass is 9.60. The second-order valence-corrected chi connectivity index (χ2v) is 22.0. The molecule has 0 atom stereocenters. The minimum absolute atomic E-state index is 0.0177. The Kier molecular flexibility index (Phi) is 9.65. The van der Waals surface area contributed by atoms with E-state index < -0.39 is 5.41 Å². The van der Waals surface area contributed by atoms with Crippen molar-refractivity contribution >= 4 is 17.1 Å². The molecular weight excluding hydrogens is 759 g/mol. The third-order valence-corrected chi connectivity index (χ3v) is 15.8. The Morgan fingerprint density at radius 1 is 0.397 bits per heavy atom. The van der Waals surface area contributed by atoms with E-state index in [0.717, 1.165) is 6.42 Å². The van der Waals surface area contributed by atoms with Gasteiger partial charge in [-0.25, -0.2) is 0 Å². The summed E-state index contributed by atoms with van der Waals surface area (Å²) >= 11 is 0. The van der Waals surface area contributed by atoms with E-state index in [1.807, 2.05) is 0 Å². The summed E-state index contributed by atoms with van der Waals surface area (Å²) in [4.78, 5) is 2.63. The Morgan fingerprint density at radius 3 is 1.54 bits per heavy atom. The number of anilines is 3. The van der Waals surface area contributed by atoms with Gasteiger partial charge in [-0.2, -0.15) is 0 Å². The average Bonchev–Trinajstić information content (AvgIpc) is 3.57. The molecule has 0 radical (unpaired) electrons. The molecule has 7 aromatic rings. The Morgan fingerprint density at radius 2 is 0.921 bits per heavy atom. The second kappa shape index (κ2) is 14.7. The van der Waals surface area contributed by atoms with Crippen LogP contribution in [0.4, 0.5) is 17.1 Å². The third kappa shape index (κ3) is 6.39. The smallest absolute Gasteiger partial charge is 0.0714 e. The maximum Gasteiger partial charge on any atom is 0.0714 e. The summed E-state index contributed by atoms with van der Waals surface area (Å²) in [6.45, 7) is 24.5. The number of nitrogens with zero attached hydrogens (tertiary/aromatic N) is 1. The van der Waals surface area contributed by atoms with Crippen molar-refractivity contribution in [3.63, 3.8) is 0 Å². The van der Waals surface area contributed by atoms with E-state index >= 15 is 0 Å². The fourth-order valence-corrected chi connectivity index (χ4v) is 12.1. The van der Waals surface area contributed by atoms with E-state index in [2.05, 4.69) is 232 Å². The minimum Gasteiger partial charge on any atom is -0.310 e. The van der Waals surface area contributed by atoms with E-state index in [4.69, 9.17) is 0 Å². The fourth-order valence-electron chi connectivity index (χ4n) is 12.1. The van der Waals surface area contributed by atoms with Crippen molar-refractivity contribution < 1.29 is 0 Å². The van der Waals surface area contributed by atoms with Crippen LogP contribution < -0.4 is 4.90 Å². The highest BCUT2D eigenvalue weighted by molar-refractivity contribution is 5.98. The van der Waals surface area contributed by atoms with Crippen LogP contribution in [-0.2, 0) is 27.1 Å².